The Morgan fingerprint density at radius 1 is 1.62 bits per heavy atom. The third kappa shape index (κ3) is 3.74. The first kappa shape index (κ1) is 10.5. The molecule has 76 valence electrons. The lowest BCUT2D eigenvalue weighted by atomic mass is 10.1. The van der Waals surface area contributed by atoms with Gasteiger partial charge in [-0.15, -0.1) is 0 Å². The summed E-state index contributed by atoms with van der Waals surface area (Å²) < 4.78 is 0. The summed E-state index contributed by atoms with van der Waals surface area (Å²) in [5, 5.41) is 0. The molecule has 1 aliphatic carbocycles. The lowest BCUT2D eigenvalue weighted by Crippen LogP contribution is -2.41. The van der Waals surface area contributed by atoms with Crippen molar-refractivity contribution in [3.63, 3.8) is 0 Å². The second kappa shape index (κ2) is 4.58. The van der Waals surface area contributed by atoms with E-state index in [1.54, 1.807) is 0 Å². The molecule has 1 rings (SSSR count). The largest absolute Gasteiger partial charge is 0.370 e. The maximum Gasteiger partial charge on any atom is 0.219 e. The van der Waals surface area contributed by atoms with Gasteiger partial charge in [0.05, 0.1) is 0 Å². The Labute approximate surface area is 79.3 Å². The molecule has 1 fully saturated rings. The minimum Gasteiger partial charge on any atom is -0.370 e. The van der Waals surface area contributed by atoms with E-state index in [0.717, 1.165) is 12.5 Å². The summed E-state index contributed by atoms with van der Waals surface area (Å²) in [6.07, 6.45) is 3.01. The number of nitrogens with zero attached hydrogens (tertiary/aromatic N) is 1. The van der Waals surface area contributed by atoms with Gasteiger partial charge in [-0.05, 0) is 25.8 Å². The number of nitrogens with two attached hydrogens (primary N) is 2. The van der Waals surface area contributed by atoms with Crippen LogP contribution in [0.15, 0.2) is 0 Å². The van der Waals surface area contributed by atoms with Crippen molar-refractivity contribution >= 4 is 5.91 Å². The highest BCUT2D eigenvalue weighted by Gasteiger charge is 2.25. The molecule has 1 saturated carbocycles. The normalized spacial score (nSPS) is 19.0. The Morgan fingerprint density at radius 2 is 2.23 bits per heavy atom. The van der Waals surface area contributed by atoms with Gasteiger partial charge in [-0.1, -0.05) is 0 Å². The van der Waals surface area contributed by atoms with Crippen LogP contribution in [0, 0.1) is 5.92 Å². The van der Waals surface area contributed by atoms with Gasteiger partial charge < -0.3 is 16.4 Å². The number of hydrogen-bond donors (Lipinski definition) is 2. The molecule has 1 aliphatic rings. The van der Waals surface area contributed by atoms with E-state index in [-0.39, 0.29) is 11.9 Å². The molecule has 0 saturated heterocycles. The third-order valence-corrected chi connectivity index (χ3v) is 2.58. The molecule has 0 radical (unpaired) electrons. The molecule has 1 amide bonds. The number of likely N-dealkylation sites (N-methyl/N-ethyl adjacent to an activating group) is 1. The van der Waals surface area contributed by atoms with Gasteiger partial charge in [0.15, 0.2) is 0 Å². The van der Waals surface area contributed by atoms with Crippen LogP contribution in [-0.4, -0.2) is 37.0 Å². The van der Waals surface area contributed by atoms with E-state index < -0.39 is 0 Å². The van der Waals surface area contributed by atoms with E-state index >= 15 is 0 Å². The lowest BCUT2D eigenvalue weighted by molar-refractivity contribution is -0.119. The number of carbonyl (C=O) groups excluding carboxylic acids is 1. The predicted octanol–water partition coefficient (Wildman–Crippen LogP) is -0.469. The fraction of sp³-hybridized carbons (Fsp3) is 0.889. The highest BCUT2D eigenvalue weighted by molar-refractivity contribution is 5.74. The van der Waals surface area contributed by atoms with Crippen molar-refractivity contribution in [2.75, 3.05) is 20.1 Å². The van der Waals surface area contributed by atoms with Crippen molar-refractivity contribution in [1.82, 2.24) is 4.90 Å². The minimum absolute atomic E-state index is 0.123. The van der Waals surface area contributed by atoms with Crippen LogP contribution in [0.25, 0.3) is 0 Å². The number of hydrogen-bond acceptors (Lipinski definition) is 3. The van der Waals surface area contributed by atoms with E-state index in [1.807, 2.05) is 7.05 Å². The first-order valence-corrected chi connectivity index (χ1v) is 4.82. The van der Waals surface area contributed by atoms with E-state index in [2.05, 4.69) is 4.90 Å². The summed E-state index contributed by atoms with van der Waals surface area (Å²) in [5.74, 6) is 0.560. The van der Waals surface area contributed by atoms with Crippen LogP contribution in [0.4, 0.5) is 0 Å². The molecule has 1 unspecified atom stereocenters. The molecule has 4 N–H and O–H groups in total. The van der Waals surface area contributed by atoms with Crippen LogP contribution < -0.4 is 11.5 Å². The van der Waals surface area contributed by atoms with Gasteiger partial charge in [-0.2, -0.15) is 0 Å². The predicted molar refractivity (Wildman–Crippen MR) is 52.0 cm³/mol. The lowest BCUT2D eigenvalue weighted by Gasteiger charge is -2.25. The molecular formula is C9H19N3O. The summed E-state index contributed by atoms with van der Waals surface area (Å²) in [7, 11) is 2.01. The zero-order chi connectivity index (χ0) is 9.84. The maximum absolute atomic E-state index is 10.7. The summed E-state index contributed by atoms with van der Waals surface area (Å²) in [5.41, 5.74) is 10.7. The topological polar surface area (TPSA) is 72.3 Å². The Bertz CT molecular complexity index is 180. The summed E-state index contributed by atoms with van der Waals surface area (Å²) >= 11 is 0. The molecule has 4 nitrogen and oxygen atoms in total. The molecule has 0 aliphatic heterocycles. The molecule has 0 aromatic rings. The fourth-order valence-corrected chi connectivity index (χ4v) is 1.51. The van der Waals surface area contributed by atoms with Crippen LogP contribution in [0.5, 0.6) is 0 Å². The first-order valence-electron chi connectivity index (χ1n) is 4.82. The van der Waals surface area contributed by atoms with Crippen molar-refractivity contribution in [3.8, 4) is 0 Å². The van der Waals surface area contributed by atoms with Crippen molar-refractivity contribution in [2.24, 2.45) is 17.4 Å². The van der Waals surface area contributed by atoms with E-state index in [0.29, 0.717) is 13.0 Å². The first-order chi connectivity index (χ1) is 6.13. The average molecular weight is 185 g/mol. The zero-order valence-corrected chi connectivity index (χ0v) is 8.20. The van der Waals surface area contributed by atoms with Gasteiger partial charge in [0.25, 0.3) is 0 Å². The SMILES string of the molecule is CN(CC1CC1)C(CN)CC(N)=O. The molecule has 0 spiro atoms. The van der Waals surface area contributed by atoms with Gasteiger partial charge in [0, 0.05) is 25.6 Å². The Kier molecular flexibility index (Phi) is 3.69. The van der Waals surface area contributed by atoms with Crippen molar-refractivity contribution in [1.29, 1.82) is 0 Å². The van der Waals surface area contributed by atoms with E-state index in [1.165, 1.54) is 12.8 Å². The standard InChI is InChI=1S/C9H19N3O/c1-12(6-7-2-3-7)8(5-10)4-9(11)13/h7-8H,2-6,10H2,1H3,(H2,11,13). The maximum atomic E-state index is 10.7. The Morgan fingerprint density at radius 3 is 2.62 bits per heavy atom. The van der Waals surface area contributed by atoms with Crippen LogP contribution in [0.2, 0.25) is 0 Å². The second-order valence-corrected chi connectivity index (χ2v) is 3.94. The number of amides is 1. The minimum atomic E-state index is -0.266. The average Bonchev–Trinajstić information content (AvgIpc) is 2.83. The summed E-state index contributed by atoms with van der Waals surface area (Å²) in [4.78, 5) is 12.9. The van der Waals surface area contributed by atoms with Gasteiger partial charge >= 0.3 is 0 Å². The van der Waals surface area contributed by atoms with Crippen LogP contribution in [-0.2, 0) is 4.79 Å². The molecular weight excluding hydrogens is 166 g/mol. The fourth-order valence-electron chi connectivity index (χ4n) is 1.51. The molecule has 0 aromatic carbocycles. The monoisotopic (exact) mass is 185 g/mol. The van der Waals surface area contributed by atoms with E-state index in [9.17, 15) is 4.79 Å². The van der Waals surface area contributed by atoms with Gasteiger partial charge in [0.2, 0.25) is 5.91 Å². The summed E-state index contributed by atoms with van der Waals surface area (Å²) in [6.45, 7) is 1.56. The molecule has 0 aromatic heterocycles. The van der Waals surface area contributed by atoms with Crippen LogP contribution >= 0.6 is 0 Å². The van der Waals surface area contributed by atoms with Crippen LogP contribution in [0.3, 0.4) is 0 Å². The van der Waals surface area contributed by atoms with Gasteiger partial charge in [-0.3, -0.25) is 4.79 Å². The highest BCUT2D eigenvalue weighted by atomic mass is 16.1. The third-order valence-electron chi connectivity index (χ3n) is 2.58. The van der Waals surface area contributed by atoms with Crippen molar-refractivity contribution in [2.45, 2.75) is 25.3 Å². The smallest absolute Gasteiger partial charge is 0.219 e. The Hall–Kier alpha value is -0.610. The van der Waals surface area contributed by atoms with E-state index in [4.69, 9.17) is 11.5 Å². The second-order valence-electron chi connectivity index (χ2n) is 3.94. The number of rotatable bonds is 6. The zero-order valence-electron chi connectivity index (χ0n) is 8.20. The van der Waals surface area contributed by atoms with Crippen molar-refractivity contribution < 1.29 is 4.79 Å². The molecule has 13 heavy (non-hydrogen) atoms. The molecule has 4 heteroatoms. The summed E-state index contributed by atoms with van der Waals surface area (Å²) in [6, 6.07) is 0.123. The highest BCUT2D eigenvalue weighted by Crippen LogP contribution is 2.29. The van der Waals surface area contributed by atoms with Crippen molar-refractivity contribution in [3.05, 3.63) is 0 Å². The molecule has 0 heterocycles. The van der Waals surface area contributed by atoms with Gasteiger partial charge in [0.1, 0.15) is 0 Å². The van der Waals surface area contributed by atoms with Crippen LogP contribution in [0.1, 0.15) is 19.3 Å². The van der Waals surface area contributed by atoms with Gasteiger partial charge in [-0.25, -0.2) is 0 Å². The molecule has 0 bridgehead atoms. The number of primary amides is 1. The Balaban J connectivity index is 2.29. The number of carbonyl (C=O) groups is 1. The quantitative estimate of drug-likeness (QED) is 0.587. The molecule has 1 atom stereocenters.